The highest BCUT2D eigenvalue weighted by Crippen LogP contribution is 2.30. The molecule has 100 valence electrons. The molecular formula is C12H24N2O2S. The lowest BCUT2D eigenvalue weighted by Crippen LogP contribution is -2.52. The first-order valence-corrected chi connectivity index (χ1v) is 8.38. The minimum Gasteiger partial charge on any atom is -0.317 e. The fourth-order valence-corrected chi connectivity index (χ4v) is 4.57. The van der Waals surface area contributed by atoms with Crippen LogP contribution < -0.4 is 5.32 Å². The molecule has 4 nitrogen and oxygen atoms in total. The quantitative estimate of drug-likeness (QED) is 0.785. The first-order valence-electron chi connectivity index (χ1n) is 6.55. The van der Waals surface area contributed by atoms with E-state index in [4.69, 9.17) is 0 Å². The summed E-state index contributed by atoms with van der Waals surface area (Å²) in [7, 11) is -2.78. The van der Waals surface area contributed by atoms with Gasteiger partial charge in [0.25, 0.3) is 0 Å². The summed E-state index contributed by atoms with van der Waals surface area (Å²) in [5, 5.41) is 3.39. The van der Waals surface area contributed by atoms with Gasteiger partial charge in [0.2, 0.25) is 0 Å². The topological polar surface area (TPSA) is 49.4 Å². The van der Waals surface area contributed by atoms with E-state index in [0.717, 1.165) is 19.6 Å². The van der Waals surface area contributed by atoms with Crippen LogP contribution in [0.5, 0.6) is 0 Å². The summed E-state index contributed by atoms with van der Waals surface area (Å²) in [6.07, 6.45) is 2.39. The second-order valence-corrected chi connectivity index (χ2v) is 8.22. The van der Waals surface area contributed by atoms with E-state index in [-0.39, 0.29) is 6.04 Å². The predicted molar refractivity (Wildman–Crippen MR) is 69.9 cm³/mol. The number of hydrogen-bond donors (Lipinski definition) is 1. The average molecular weight is 260 g/mol. The molecule has 0 aromatic carbocycles. The smallest absolute Gasteiger partial charge is 0.153 e. The van der Waals surface area contributed by atoms with Crippen molar-refractivity contribution in [2.75, 3.05) is 37.7 Å². The van der Waals surface area contributed by atoms with Crippen LogP contribution >= 0.6 is 0 Å². The highest BCUT2D eigenvalue weighted by molar-refractivity contribution is 7.91. The van der Waals surface area contributed by atoms with Crippen LogP contribution in [0.3, 0.4) is 0 Å². The minimum atomic E-state index is -2.78. The third kappa shape index (κ3) is 3.42. The molecule has 2 rings (SSSR count). The van der Waals surface area contributed by atoms with E-state index in [9.17, 15) is 8.42 Å². The number of piperidine rings is 1. The summed E-state index contributed by atoms with van der Waals surface area (Å²) in [6, 6.07) is 0.181. The summed E-state index contributed by atoms with van der Waals surface area (Å²) in [5.74, 6) is 0.674. The van der Waals surface area contributed by atoms with Crippen molar-refractivity contribution in [1.82, 2.24) is 10.2 Å². The molecule has 1 atom stereocenters. The maximum absolute atomic E-state index is 11.5. The largest absolute Gasteiger partial charge is 0.317 e. The Labute approximate surface area is 105 Å². The third-order valence-corrected chi connectivity index (χ3v) is 6.00. The van der Waals surface area contributed by atoms with Crippen molar-refractivity contribution >= 4 is 9.84 Å². The number of sulfone groups is 1. The van der Waals surface area contributed by atoms with Crippen LogP contribution in [0.4, 0.5) is 0 Å². The van der Waals surface area contributed by atoms with Crippen LogP contribution in [0.2, 0.25) is 0 Å². The van der Waals surface area contributed by atoms with Gasteiger partial charge >= 0.3 is 0 Å². The molecule has 2 aliphatic rings. The standard InChI is InChI=1S/C12H24N2O2S/c1-11-9-17(15,16)8-7-14(11)10-12(2)3-5-13-6-4-12/h11,13H,3-10H2,1-2H3. The fourth-order valence-electron chi connectivity index (χ4n) is 2.95. The molecule has 2 heterocycles. The Morgan fingerprint density at radius 3 is 2.59 bits per heavy atom. The number of rotatable bonds is 2. The third-order valence-electron chi connectivity index (χ3n) is 4.20. The SMILES string of the molecule is CC1CS(=O)(=O)CCN1CC1(C)CCNCC1. The van der Waals surface area contributed by atoms with Crippen LogP contribution in [0.15, 0.2) is 0 Å². The van der Waals surface area contributed by atoms with E-state index in [1.54, 1.807) is 0 Å². The average Bonchev–Trinajstić information content (AvgIpc) is 2.23. The first kappa shape index (κ1) is 13.3. The van der Waals surface area contributed by atoms with Gasteiger partial charge in [-0.25, -0.2) is 8.42 Å². The van der Waals surface area contributed by atoms with Crippen molar-refractivity contribution in [3.63, 3.8) is 0 Å². The molecule has 1 N–H and O–H groups in total. The molecule has 0 bridgehead atoms. The molecule has 0 amide bonds. The molecule has 2 saturated heterocycles. The van der Waals surface area contributed by atoms with Gasteiger partial charge < -0.3 is 5.32 Å². The second-order valence-electron chi connectivity index (χ2n) is 5.99. The molecular weight excluding hydrogens is 236 g/mol. The molecule has 0 aromatic rings. The first-order chi connectivity index (χ1) is 7.90. The molecule has 17 heavy (non-hydrogen) atoms. The van der Waals surface area contributed by atoms with E-state index in [1.165, 1.54) is 12.8 Å². The number of nitrogens with one attached hydrogen (secondary N) is 1. The van der Waals surface area contributed by atoms with Gasteiger partial charge in [-0.05, 0) is 38.3 Å². The van der Waals surface area contributed by atoms with Gasteiger partial charge in [0.1, 0.15) is 0 Å². The van der Waals surface area contributed by atoms with Crippen molar-refractivity contribution < 1.29 is 8.42 Å². The Kier molecular flexibility index (Phi) is 3.80. The summed E-state index contributed by atoms with van der Waals surface area (Å²) >= 11 is 0. The molecule has 2 aliphatic heterocycles. The summed E-state index contributed by atoms with van der Waals surface area (Å²) < 4.78 is 23.1. The predicted octanol–water partition coefficient (Wildman–Crippen LogP) is 0.495. The molecule has 2 fully saturated rings. The zero-order valence-corrected chi connectivity index (χ0v) is 11.7. The Hall–Kier alpha value is -0.130. The van der Waals surface area contributed by atoms with Crippen LogP contribution in [0.1, 0.15) is 26.7 Å². The monoisotopic (exact) mass is 260 g/mol. The van der Waals surface area contributed by atoms with Crippen molar-refractivity contribution in [1.29, 1.82) is 0 Å². The van der Waals surface area contributed by atoms with Crippen molar-refractivity contribution in [2.24, 2.45) is 5.41 Å². The maximum Gasteiger partial charge on any atom is 0.153 e. The lowest BCUT2D eigenvalue weighted by Gasteiger charge is -2.42. The van der Waals surface area contributed by atoms with Crippen LogP contribution in [-0.4, -0.2) is 57.0 Å². The van der Waals surface area contributed by atoms with Crippen LogP contribution in [0.25, 0.3) is 0 Å². The Bertz CT molecular complexity index is 361. The lowest BCUT2D eigenvalue weighted by atomic mass is 9.80. The normalized spacial score (nSPS) is 33.4. The van der Waals surface area contributed by atoms with E-state index in [2.05, 4.69) is 17.1 Å². The zero-order valence-electron chi connectivity index (χ0n) is 10.9. The fraction of sp³-hybridized carbons (Fsp3) is 1.00. The van der Waals surface area contributed by atoms with Gasteiger partial charge in [-0.1, -0.05) is 6.92 Å². The van der Waals surface area contributed by atoms with Gasteiger partial charge in [0.15, 0.2) is 9.84 Å². The highest BCUT2D eigenvalue weighted by Gasteiger charge is 2.34. The minimum absolute atomic E-state index is 0.181. The van der Waals surface area contributed by atoms with Crippen molar-refractivity contribution in [3.8, 4) is 0 Å². The van der Waals surface area contributed by atoms with E-state index < -0.39 is 9.84 Å². The Morgan fingerprint density at radius 2 is 2.00 bits per heavy atom. The van der Waals surface area contributed by atoms with E-state index in [1.807, 2.05) is 6.92 Å². The lowest BCUT2D eigenvalue weighted by molar-refractivity contribution is 0.108. The van der Waals surface area contributed by atoms with Crippen LogP contribution in [-0.2, 0) is 9.84 Å². The van der Waals surface area contributed by atoms with Crippen LogP contribution in [0, 0.1) is 5.41 Å². The van der Waals surface area contributed by atoms with E-state index >= 15 is 0 Å². The van der Waals surface area contributed by atoms with Crippen molar-refractivity contribution in [2.45, 2.75) is 32.7 Å². The van der Waals surface area contributed by atoms with Gasteiger partial charge in [0.05, 0.1) is 11.5 Å². The molecule has 5 heteroatoms. The highest BCUT2D eigenvalue weighted by atomic mass is 32.2. The van der Waals surface area contributed by atoms with Gasteiger partial charge in [-0.2, -0.15) is 0 Å². The Balaban J connectivity index is 1.95. The Morgan fingerprint density at radius 1 is 1.35 bits per heavy atom. The van der Waals surface area contributed by atoms with Gasteiger partial charge in [-0.3, -0.25) is 4.90 Å². The van der Waals surface area contributed by atoms with Gasteiger partial charge in [-0.15, -0.1) is 0 Å². The molecule has 0 aromatic heterocycles. The van der Waals surface area contributed by atoms with Crippen molar-refractivity contribution in [3.05, 3.63) is 0 Å². The summed E-state index contributed by atoms with van der Waals surface area (Å²) in [5.41, 5.74) is 0.362. The zero-order chi connectivity index (χ0) is 12.5. The van der Waals surface area contributed by atoms with Gasteiger partial charge in [0, 0.05) is 19.1 Å². The molecule has 0 aliphatic carbocycles. The second kappa shape index (κ2) is 4.86. The molecule has 1 unspecified atom stereocenters. The molecule has 0 radical (unpaired) electrons. The number of hydrogen-bond acceptors (Lipinski definition) is 4. The summed E-state index contributed by atoms with van der Waals surface area (Å²) in [4.78, 5) is 2.37. The van der Waals surface area contributed by atoms with E-state index in [0.29, 0.717) is 23.5 Å². The number of nitrogens with zero attached hydrogens (tertiary/aromatic N) is 1. The molecule has 0 spiro atoms. The molecule has 0 saturated carbocycles. The summed E-state index contributed by atoms with van der Waals surface area (Å²) in [6.45, 7) is 8.33. The maximum atomic E-state index is 11.5.